The summed E-state index contributed by atoms with van der Waals surface area (Å²) in [5.74, 6) is -5.76. The van der Waals surface area contributed by atoms with E-state index < -0.39 is 40.6 Å². The van der Waals surface area contributed by atoms with Crippen LogP contribution in [0.2, 0.25) is 0 Å². The molecule has 1 saturated carbocycles. The monoisotopic (exact) mass is 494 g/mol. The van der Waals surface area contributed by atoms with Crippen LogP contribution in [0.4, 0.5) is 17.6 Å². The number of ether oxygens (including phenoxy) is 2. The molecule has 192 valence electrons. The maximum absolute atomic E-state index is 14.5. The number of hydrogen-bond donors (Lipinski definition) is 0. The molecule has 1 aliphatic rings. The number of unbranched alkanes of at least 4 members (excludes halogenated alkanes) is 5. The van der Waals surface area contributed by atoms with Gasteiger partial charge in [0.2, 0.25) is 0 Å². The molecule has 2 aromatic carbocycles. The molecule has 0 heterocycles. The van der Waals surface area contributed by atoms with Crippen molar-refractivity contribution in [2.75, 3.05) is 6.61 Å². The molecule has 0 saturated heterocycles. The molecule has 0 atom stereocenters. The highest BCUT2D eigenvalue weighted by Crippen LogP contribution is 2.33. The van der Waals surface area contributed by atoms with Crippen LogP contribution in [0, 0.1) is 35.1 Å². The van der Waals surface area contributed by atoms with Crippen LogP contribution in [-0.4, -0.2) is 12.6 Å². The summed E-state index contributed by atoms with van der Waals surface area (Å²) in [6.07, 6.45) is 13.8. The molecule has 2 aromatic rings. The molecule has 1 fully saturated rings. The molecule has 1 aliphatic carbocycles. The second-order valence-electron chi connectivity index (χ2n) is 9.49. The van der Waals surface area contributed by atoms with E-state index in [1.54, 1.807) is 0 Å². The van der Waals surface area contributed by atoms with Gasteiger partial charge in [-0.3, -0.25) is 0 Å². The van der Waals surface area contributed by atoms with E-state index in [2.05, 4.69) is 6.92 Å². The van der Waals surface area contributed by atoms with Crippen molar-refractivity contribution in [3.05, 3.63) is 59.2 Å². The van der Waals surface area contributed by atoms with Gasteiger partial charge in [0.15, 0.2) is 17.5 Å². The van der Waals surface area contributed by atoms with E-state index >= 15 is 0 Å². The normalized spacial score (nSPS) is 17.9. The minimum Gasteiger partial charge on any atom is -0.493 e. The summed E-state index contributed by atoms with van der Waals surface area (Å²) in [4.78, 5) is 12.2. The molecule has 0 N–H and O–H groups in total. The largest absolute Gasteiger partial charge is 0.493 e. The third-order valence-corrected chi connectivity index (χ3v) is 6.75. The average molecular weight is 495 g/mol. The van der Waals surface area contributed by atoms with Gasteiger partial charge in [0.25, 0.3) is 0 Å². The maximum Gasteiger partial charge on any atom is 0.346 e. The van der Waals surface area contributed by atoms with Gasteiger partial charge in [0.1, 0.15) is 17.3 Å². The van der Waals surface area contributed by atoms with Gasteiger partial charge in [-0.05, 0) is 36.8 Å². The molecule has 0 spiro atoms. The summed E-state index contributed by atoms with van der Waals surface area (Å²) in [5.41, 5.74) is -0.419. The van der Waals surface area contributed by atoms with Crippen molar-refractivity contribution in [1.82, 2.24) is 0 Å². The summed E-state index contributed by atoms with van der Waals surface area (Å²) in [5, 5.41) is 0. The van der Waals surface area contributed by atoms with E-state index in [0.717, 1.165) is 24.8 Å². The SMILES string of the molecule is CCCCCCCCC1CCC(COc2ccc(C(=O)Oc3cc(F)c(F)c(F)c3)c(F)c2)CC1. The number of rotatable bonds is 12. The lowest BCUT2D eigenvalue weighted by molar-refractivity contribution is 0.0728. The summed E-state index contributed by atoms with van der Waals surface area (Å²) in [6.45, 7) is 2.72. The molecule has 0 radical (unpaired) electrons. The Morgan fingerprint density at radius 1 is 0.800 bits per heavy atom. The van der Waals surface area contributed by atoms with E-state index in [1.165, 1.54) is 69.9 Å². The Labute approximate surface area is 204 Å². The zero-order valence-electron chi connectivity index (χ0n) is 20.3. The van der Waals surface area contributed by atoms with Gasteiger partial charge in [-0.25, -0.2) is 22.4 Å². The lowest BCUT2D eigenvalue weighted by atomic mass is 9.80. The average Bonchev–Trinajstić information content (AvgIpc) is 2.84. The first-order valence-corrected chi connectivity index (χ1v) is 12.7. The number of esters is 1. The van der Waals surface area contributed by atoms with Gasteiger partial charge in [-0.15, -0.1) is 0 Å². The zero-order valence-corrected chi connectivity index (χ0v) is 20.3. The second-order valence-corrected chi connectivity index (χ2v) is 9.49. The van der Waals surface area contributed by atoms with Crippen molar-refractivity contribution in [2.24, 2.45) is 11.8 Å². The molecular formula is C28H34F4O3. The first-order valence-electron chi connectivity index (χ1n) is 12.7. The van der Waals surface area contributed by atoms with Crippen LogP contribution in [0.3, 0.4) is 0 Å². The third kappa shape index (κ3) is 8.25. The Morgan fingerprint density at radius 3 is 2.06 bits per heavy atom. The van der Waals surface area contributed by atoms with E-state index in [-0.39, 0.29) is 0 Å². The number of carbonyl (C=O) groups excluding carboxylic acids is 1. The second kappa shape index (κ2) is 13.5. The first kappa shape index (κ1) is 27.0. The highest BCUT2D eigenvalue weighted by molar-refractivity contribution is 5.91. The number of hydrogen-bond acceptors (Lipinski definition) is 3. The predicted molar refractivity (Wildman–Crippen MR) is 127 cm³/mol. The Kier molecular flexibility index (Phi) is 10.4. The van der Waals surface area contributed by atoms with Gasteiger partial charge in [0, 0.05) is 18.2 Å². The van der Waals surface area contributed by atoms with Crippen molar-refractivity contribution in [3.63, 3.8) is 0 Å². The van der Waals surface area contributed by atoms with Gasteiger partial charge in [-0.1, -0.05) is 64.7 Å². The number of benzene rings is 2. The van der Waals surface area contributed by atoms with Crippen molar-refractivity contribution in [3.8, 4) is 11.5 Å². The smallest absolute Gasteiger partial charge is 0.346 e. The summed E-state index contributed by atoms with van der Waals surface area (Å²) >= 11 is 0. The van der Waals surface area contributed by atoms with E-state index in [1.807, 2.05) is 0 Å². The van der Waals surface area contributed by atoms with Crippen LogP contribution < -0.4 is 9.47 Å². The zero-order chi connectivity index (χ0) is 25.2. The van der Waals surface area contributed by atoms with Crippen LogP contribution in [-0.2, 0) is 0 Å². The summed E-state index contributed by atoms with van der Waals surface area (Å²) < 4.78 is 64.6. The molecule has 3 rings (SSSR count). The van der Waals surface area contributed by atoms with Crippen molar-refractivity contribution < 1.29 is 31.8 Å². The number of halogens is 4. The molecule has 0 aromatic heterocycles. The summed E-state index contributed by atoms with van der Waals surface area (Å²) in [7, 11) is 0. The minimum absolute atomic E-state index is 0.298. The van der Waals surface area contributed by atoms with Crippen LogP contribution in [0.15, 0.2) is 30.3 Å². The molecule has 0 unspecified atom stereocenters. The van der Waals surface area contributed by atoms with Crippen LogP contribution >= 0.6 is 0 Å². The maximum atomic E-state index is 14.5. The quantitative estimate of drug-likeness (QED) is 0.0977. The lowest BCUT2D eigenvalue weighted by Gasteiger charge is -2.28. The topological polar surface area (TPSA) is 35.5 Å². The third-order valence-electron chi connectivity index (χ3n) is 6.75. The van der Waals surface area contributed by atoms with Gasteiger partial charge < -0.3 is 9.47 Å². The molecule has 0 aliphatic heterocycles. The van der Waals surface area contributed by atoms with Crippen LogP contribution in [0.1, 0.15) is 87.9 Å². The van der Waals surface area contributed by atoms with Gasteiger partial charge in [0.05, 0.1) is 12.2 Å². The number of carbonyl (C=O) groups is 1. The first-order chi connectivity index (χ1) is 16.9. The van der Waals surface area contributed by atoms with E-state index in [0.29, 0.717) is 30.4 Å². The van der Waals surface area contributed by atoms with Gasteiger partial charge >= 0.3 is 5.97 Å². The highest BCUT2D eigenvalue weighted by Gasteiger charge is 2.22. The molecule has 0 amide bonds. The van der Waals surface area contributed by atoms with Crippen molar-refractivity contribution in [2.45, 2.75) is 77.6 Å². The molecule has 7 heteroatoms. The highest BCUT2D eigenvalue weighted by atomic mass is 19.2. The Bertz CT molecular complexity index is 948. The minimum atomic E-state index is -1.68. The molecule has 3 nitrogen and oxygen atoms in total. The Morgan fingerprint density at radius 2 is 1.40 bits per heavy atom. The Balaban J connectivity index is 1.41. The Hall–Kier alpha value is -2.57. The molecular weight excluding hydrogens is 460 g/mol. The predicted octanol–water partition coefficient (Wildman–Crippen LogP) is 8.40. The van der Waals surface area contributed by atoms with Crippen LogP contribution in [0.5, 0.6) is 11.5 Å². The fourth-order valence-electron chi connectivity index (χ4n) is 4.62. The fourth-order valence-corrected chi connectivity index (χ4v) is 4.62. The standard InChI is InChI=1S/C28H34F4O3/c1-2-3-4-5-6-7-8-19-9-11-20(12-10-19)18-34-21-13-14-23(24(29)15-21)28(33)35-22-16-25(30)27(32)26(31)17-22/h13-17,19-20H,2-12,18H2,1H3. The lowest BCUT2D eigenvalue weighted by Crippen LogP contribution is -2.20. The summed E-state index contributed by atoms with van der Waals surface area (Å²) in [6, 6.07) is 4.78. The van der Waals surface area contributed by atoms with E-state index in [9.17, 15) is 22.4 Å². The molecule has 0 bridgehead atoms. The molecule has 35 heavy (non-hydrogen) atoms. The van der Waals surface area contributed by atoms with Crippen molar-refractivity contribution in [1.29, 1.82) is 0 Å². The van der Waals surface area contributed by atoms with Gasteiger partial charge in [-0.2, -0.15) is 0 Å². The van der Waals surface area contributed by atoms with E-state index in [4.69, 9.17) is 9.47 Å². The van der Waals surface area contributed by atoms with Crippen molar-refractivity contribution >= 4 is 5.97 Å². The fraction of sp³-hybridized carbons (Fsp3) is 0.536. The van der Waals surface area contributed by atoms with Crippen LogP contribution in [0.25, 0.3) is 0 Å².